The monoisotopic (exact) mass is 423 g/mol. The predicted molar refractivity (Wildman–Crippen MR) is 113 cm³/mol. The maximum atomic E-state index is 12.6. The number of aromatic nitrogens is 4. The Kier molecular flexibility index (Phi) is 4.88. The van der Waals surface area contributed by atoms with Crippen LogP contribution in [0.4, 0.5) is 0 Å². The zero-order valence-corrected chi connectivity index (χ0v) is 17.2. The highest BCUT2D eigenvalue weighted by Gasteiger charge is 2.38. The van der Waals surface area contributed by atoms with Crippen molar-refractivity contribution in [3.05, 3.63) is 46.5 Å². The molecule has 1 fully saturated rings. The largest absolute Gasteiger partial charge is 0.503 e. The van der Waals surface area contributed by atoms with Gasteiger partial charge in [0.25, 0.3) is 11.3 Å². The van der Waals surface area contributed by atoms with Crippen molar-refractivity contribution in [3.8, 4) is 11.6 Å². The Morgan fingerprint density at radius 3 is 2.77 bits per heavy atom. The van der Waals surface area contributed by atoms with Crippen LogP contribution in [-0.2, 0) is 12.1 Å². The molecule has 31 heavy (non-hydrogen) atoms. The lowest BCUT2D eigenvalue weighted by molar-refractivity contribution is 0.0941. The average Bonchev–Trinajstić information content (AvgIpc) is 3.39. The topological polar surface area (TPSA) is 111 Å². The van der Waals surface area contributed by atoms with Gasteiger partial charge in [0.15, 0.2) is 11.4 Å². The second-order valence-corrected chi connectivity index (χ2v) is 8.38. The first-order valence-corrected chi connectivity index (χ1v) is 10.8. The maximum Gasteiger partial charge on any atom is 0.275 e. The van der Waals surface area contributed by atoms with Gasteiger partial charge in [0.2, 0.25) is 5.88 Å². The van der Waals surface area contributed by atoms with Crippen molar-refractivity contribution < 1.29 is 14.6 Å². The number of aromatic hydroxyl groups is 1. The Hall–Kier alpha value is -3.36. The lowest BCUT2D eigenvalue weighted by Crippen LogP contribution is -2.38. The van der Waals surface area contributed by atoms with E-state index in [1.165, 1.54) is 10.9 Å². The number of nitrogens with one attached hydrogen (secondary N) is 1. The lowest BCUT2D eigenvalue weighted by atomic mass is 9.97. The first kappa shape index (κ1) is 19.6. The normalized spacial score (nSPS) is 18.9. The Morgan fingerprint density at radius 1 is 1.10 bits per heavy atom. The van der Waals surface area contributed by atoms with Crippen molar-refractivity contribution in [3.63, 3.8) is 0 Å². The van der Waals surface area contributed by atoms with Gasteiger partial charge in [-0.1, -0.05) is 12.8 Å². The number of carbonyl (C=O) groups is 1. The molecule has 1 spiro atoms. The molecule has 9 heteroatoms. The summed E-state index contributed by atoms with van der Waals surface area (Å²) in [5.41, 5.74) is -0.521. The van der Waals surface area contributed by atoms with Crippen LogP contribution in [-0.4, -0.2) is 43.5 Å². The molecule has 0 saturated heterocycles. The SMILES string of the molecule is O=C1NCCCCOc2ccc3ccn(c3n2)C2(CCCC2)Cn2cc(O)c(=O)c1n2. The van der Waals surface area contributed by atoms with Crippen LogP contribution in [0.5, 0.6) is 11.6 Å². The minimum absolute atomic E-state index is 0.283. The van der Waals surface area contributed by atoms with Crippen LogP contribution >= 0.6 is 0 Å². The van der Waals surface area contributed by atoms with E-state index in [1.807, 2.05) is 24.4 Å². The number of pyridine rings is 1. The molecule has 0 unspecified atom stereocenters. The van der Waals surface area contributed by atoms with Gasteiger partial charge in [-0.05, 0) is 37.8 Å². The van der Waals surface area contributed by atoms with Gasteiger partial charge in [-0.2, -0.15) is 10.1 Å². The third kappa shape index (κ3) is 3.54. The van der Waals surface area contributed by atoms with E-state index >= 15 is 0 Å². The molecule has 3 aromatic heterocycles. The third-order valence-corrected chi connectivity index (χ3v) is 6.28. The van der Waals surface area contributed by atoms with Crippen LogP contribution in [0.15, 0.2) is 35.4 Å². The molecule has 2 N–H and O–H groups in total. The summed E-state index contributed by atoms with van der Waals surface area (Å²) >= 11 is 0. The molecule has 4 heterocycles. The Balaban J connectivity index is 1.65. The van der Waals surface area contributed by atoms with E-state index in [2.05, 4.69) is 15.0 Å². The summed E-state index contributed by atoms with van der Waals surface area (Å²) in [6, 6.07) is 5.93. The summed E-state index contributed by atoms with van der Waals surface area (Å²) < 4.78 is 9.55. The summed E-state index contributed by atoms with van der Waals surface area (Å²) in [4.78, 5) is 29.7. The Bertz CT molecular complexity index is 1190. The van der Waals surface area contributed by atoms with Crippen molar-refractivity contribution in [1.29, 1.82) is 0 Å². The van der Waals surface area contributed by atoms with E-state index in [0.717, 1.165) is 43.1 Å². The fourth-order valence-electron chi connectivity index (χ4n) is 4.71. The van der Waals surface area contributed by atoms with E-state index in [-0.39, 0.29) is 11.2 Å². The predicted octanol–water partition coefficient (Wildman–Crippen LogP) is 2.17. The van der Waals surface area contributed by atoms with E-state index in [1.54, 1.807) is 0 Å². The molecule has 1 saturated carbocycles. The molecule has 3 aromatic rings. The van der Waals surface area contributed by atoms with Crippen molar-refractivity contribution in [2.45, 2.75) is 50.6 Å². The number of rotatable bonds is 0. The van der Waals surface area contributed by atoms with Crippen molar-refractivity contribution in [1.82, 2.24) is 24.6 Å². The summed E-state index contributed by atoms with van der Waals surface area (Å²) in [7, 11) is 0. The van der Waals surface area contributed by atoms with Gasteiger partial charge in [0.05, 0.1) is 24.9 Å². The first-order chi connectivity index (χ1) is 15.1. The quantitative estimate of drug-likeness (QED) is 0.573. The van der Waals surface area contributed by atoms with E-state index in [4.69, 9.17) is 9.72 Å². The van der Waals surface area contributed by atoms with Crippen LogP contribution < -0.4 is 15.5 Å². The van der Waals surface area contributed by atoms with Gasteiger partial charge in [-0.15, -0.1) is 0 Å². The summed E-state index contributed by atoms with van der Waals surface area (Å²) in [5.74, 6) is -0.461. The second-order valence-electron chi connectivity index (χ2n) is 8.38. The molecule has 2 aliphatic rings. The van der Waals surface area contributed by atoms with Crippen LogP contribution in [0.2, 0.25) is 0 Å². The van der Waals surface area contributed by atoms with Crippen LogP contribution in [0.1, 0.15) is 49.0 Å². The van der Waals surface area contributed by atoms with Gasteiger partial charge in [-0.25, -0.2) is 0 Å². The fraction of sp³-hybridized carbons (Fsp3) is 0.455. The zero-order valence-electron chi connectivity index (χ0n) is 17.2. The van der Waals surface area contributed by atoms with E-state index in [0.29, 0.717) is 32.0 Å². The van der Waals surface area contributed by atoms with Crippen molar-refractivity contribution >= 4 is 16.9 Å². The molecule has 1 aliphatic carbocycles. The van der Waals surface area contributed by atoms with E-state index in [9.17, 15) is 14.7 Å². The molecule has 9 nitrogen and oxygen atoms in total. The molecule has 5 rings (SSSR count). The van der Waals surface area contributed by atoms with Crippen molar-refractivity contribution in [2.75, 3.05) is 13.2 Å². The number of ether oxygens (including phenoxy) is 1. The summed E-state index contributed by atoms with van der Waals surface area (Å²) in [6.45, 7) is 1.29. The second kappa shape index (κ2) is 7.72. The average molecular weight is 423 g/mol. The number of hydrogen-bond donors (Lipinski definition) is 2. The van der Waals surface area contributed by atoms with Gasteiger partial charge >= 0.3 is 0 Å². The number of amides is 1. The fourth-order valence-corrected chi connectivity index (χ4v) is 4.71. The smallest absolute Gasteiger partial charge is 0.275 e. The number of hydrogen-bond acceptors (Lipinski definition) is 6. The Labute approximate surface area is 178 Å². The Morgan fingerprint density at radius 2 is 1.94 bits per heavy atom. The molecular formula is C22H25N5O4. The molecular weight excluding hydrogens is 398 g/mol. The van der Waals surface area contributed by atoms with Crippen molar-refractivity contribution in [2.24, 2.45) is 0 Å². The standard InChI is InChI=1S/C22H25N5O4/c28-16-13-26-14-22(8-1-2-9-22)27-11-7-15-5-6-17(24-20(15)27)31-12-4-3-10-23-21(30)18(25-26)19(16)29/h5-7,11,13,28H,1-4,8-10,12,14H2,(H,23,30). The minimum Gasteiger partial charge on any atom is -0.503 e. The van der Waals surface area contributed by atoms with Gasteiger partial charge in [0.1, 0.15) is 5.65 Å². The molecule has 0 aromatic carbocycles. The van der Waals surface area contributed by atoms with Gasteiger partial charge in [0, 0.05) is 24.2 Å². The highest BCUT2D eigenvalue weighted by Crippen LogP contribution is 2.40. The molecule has 0 atom stereocenters. The van der Waals surface area contributed by atoms with E-state index < -0.39 is 17.1 Å². The van der Waals surface area contributed by atoms with Gasteiger partial charge < -0.3 is 19.7 Å². The van der Waals surface area contributed by atoms with Gasteiger partial charge in [-0.3, -0.25) is 14.3 Å². The number of fused-ring (bicyclic) bond motifs is 4. The zero-order chi connectivity index (χ0) is 21.4. The van der Waals surface area contributed by atoms with Crippen LogP contribution in [0.25, 0.3) is 11.0 Å². The first-order valence-electron chi connectivity index (χ1n) is 10.8. The van der Waals surface area contributed by atoms with Crippen LogP contribution in [0.3, 0.4) is 0 Å². The molecule has 162 valence electrons. The summed E-state index contributed by atoms with van der Waals surface area (Å²) in [5, 5.41) is 18.3. The molecule has 1 aliphatic heterocycles. The number of carbonyl (C=O) groups excluding carboxylic acids is 1. The molecule has 1 amide bonds. The molecule has 4 bridgehead atoms. The minimum atomic E-state index is -0.753. The molecule has 0 radical (unpaired) electrons. The lowest BCUT2D eigenvalue weighted by Gasteiger charge is -2.32. The summed E-state index contributed by atoms with van der Waals surface area (Å²) in [6.07, 6.45) is 8.66. The third-order valence-electron chi connectivity index (χ3n) is 6.28. The number of nitrogens with zero attached hydrogens (tertiary/aromatic N) is 4. The maximum absolute atomic E-state index is 12.6. The highest BCUT2D eigenvalue weighted by atomic mass is 16.5. The van der Waals surface area contributed by atoms with Crippen LogP contribution in [0, 0.1) is 0 Å². The highest BCUT2D eigenvalue weighted by molar-refractivity contribution is 5.92.